The number of nitrogens with zero attached hydrogens (tertiary/aromatic N) is 2. The van der Waals surface area contributed by atoms with Crippen LogP contribution in [0.25, 0.3) is 10.9 Å². The van der Waals surface area contributed by atoms with Gasteiger partial charge in [0.2, 0.25) is 5.91 Å². The number of nitrogens with one attached hydrogen (secondary N) is 1. The van der Waals surface area contributed by atoms with Gasteiger partial charge in [-0.05, 0) is 43.3 Å². The van der Waals surface area contributed by atoms with Crippen molar-refractivity contribution in [1.29, 1.82) is 5.26 Å². The molecule has 0 aliphatic heterocycles. The Morgan fingerprint density at radius 2 is 1.88 bits per heavy atom. The number of nitriles is 1. The SMILES string of the molecule is C[C@H](Sc1ccc2ccccc2n1)C(=O)Nc1ccc(C#N)cc1. The van der Waals surface area contributed by atoms with Crippen LogP contribution in [0.4, 0.5) is 5.69 Å². The second-order valence-electron chi connectivity index (χ2n) is 5.28. The van der Waals surface area contributed by atoms with E-state index in [1.807, 2.05) is 43.3 Å². The molecule has 0 fully saturated rings. The molecule has 0 spiro atoms. The molecule has 1 heterocycles. The number of benzene rings is 2. The molecule has 0 unspecified atom stereocenters. The Hall–Kier alpha value is -2.84. The summed E-state index contributed by atoms with van der Waals surface area (Å²) in [7, 11) is 0. The minimum Gasteiger partial charge on any atom is -0.325 e. The number of thioether (sulfide) groups is 1. The molecule has 24 heavy (non-hydrogen) atoms. The number of hydrogen-bond acceptors (Lipinski definition) is 4. The van der Waals surface area contributed by atoms with E-state index >= 15 is 0 Å². The van der Waals surface area contributed by atoms with E-state index < -0.39 is 0 Å². The third-order valence-electron chi connectivity index (χ3n) is 3.52. The number of anilines is 1. The summed E-state index contributed by atoms with van der Waals surface area (Å²) in [5, 5.41) is 13.3. The topological polar surface area (TPSA) is 65.8 Å². The Labute approximate surface area is 144 Å². The molecule has 0 aliphatic rings. The zero-order chi connectivity index (χ0) is 16.9. The molecular formula is C19H15N3OS. The molecule has 3 aromatic rings. The lowest BCUT2D eigenvalue weighted by molar-refractivity contribution is -0.115. The van der Waals surface area contributed by atoms with Gasteiger partial charge >= 0.3 is 0 Å². The van der Waals surface area contributed by atoms with E-state index in [0.29, 0.717) is 11.3 Å². The van der Waals surface area contributed by atoms with Gasteiger partial charge < -0.3 is 5.32 Å². The quantitative estimate of drug-likeness (QED) is 0.726. The minimum atomic E-state index is -0.283. The van der Waals surface area contributed by atoms with Crippen LogP contribution in [-0.4, -0.2) is 16.1 Å². The smallest absolute Gasteiger partial charge is 0.237 e. The zero-order valence-electron chi connectivity index (χ0n) is 13.1. The number of carbonyl (C=O) groups is 1. The minimum absolute atomic E-state index is 0.0975. The summed E-state index contributed by atoms with van der Waals surface area (Å²) >= 11 is 1.42. The molecule has 3 rings (SSSR count). The van der Waals surface area contributed by atoms with Crippen molar-refractivity contribution in [3.63, 3.8) is 0 Å². The molecule has 0 radical (unpaired) electrons. The fraction of sp³-hybridized carbons (Fsp3) is 0.105. The molecule has 5 heteroatoms. The average molecular weight is 333 g/mol. The zero-order valence-corrected chi connectivity index (χ0v) is 13.9. The predicted molar refractivity (Wildman–Crippen MR) is 96.8 cm³/mol. The standard InChI is InChI=1S/C19H15N3OS/c1-13(19(23)21-16-9-6-14(12-20)7-10-16)24-18-11-8-15-4-2-3-5-17(15)22-18/h2-11,13H,1H3,(H,21,23)/t13-/m0/s1. The summed E-state index contributed by atoms with van der Waals surface area (Å²) < 4.78 is 0. The number of fused-ring (bicyclic) bond motifs is 1. The summed E-state index contributed by atoms with van der Waals surface area (Å²) in [5.74, 6) is -0.0975. The van der Waals surface area contributed by atoms with Gasteiger partial charge in [-0.2, -0.15) is 5.26 Å². The van der Waals surface area contributed by atoms with Gasteiger partial charge in [0.1, 0.15) is 0 Å². The van der Waals surface area contributed by atoms with Crippen LogP contribution in [0.15, 0.2) is 65.7 Å². The number of para-hydroxylation sites is 1. The largest absolute Gasteiger partial charge is 0.325 e. The van der Waals surface area contributed by atoms with Gasteiger partial charge in [-0.15, -0.1) is 0 Å². The van der Waals surface area contributed by atoms with Crippen LogP contribution in [0.2, 0.25) is 0 Å². The van der Waals surface area contributed by atoms with Crippen molar-refractivity contribution in [1.82, 2.24) is 4.98 Å². The van der Waals surface area contributed by atoms with Crippen molar-refractivity contribution in [3.8, 4) is 6.07 Å². The Balaban J connectivity index is 1.67. The summed E-state index contributed by atoms with van der Waals surface area (Å²) in [6, 6.07) is 20.7. The fourth-order valence-electron chi connectivity index (χ4n) is 2.22. The van der Waals surface area contributed by atoms with Gasteiger partial charge in [0.25, 0.3) is 0 Å². The summed E-state index contributed by atoms with van der Waals surface area (Å²) in [4.78, 5) is 16.9. The number of hydrogen-bond donors (Lipinski definition) is 1. The van der Waals surface area contributed by atoms with Crippen LogP contribution in [0.1, 0.15) is 12.5 Å². The monoisotopic (exact) mass is 333 g/mol. The lowest BCUT2D eigenvalue weighted by Crippen LogP contribution is -2.22. The molecule has 1 amide bonds. The van der Waals surface area contributed by atoms with Gasteiger partial charge in [-0.3, -0.25) is 4.79 Å². The summed E-state index contributed by atoms with van der Waals surface area (Å²) in [6.07, 6.45) is 0. The molecule has 0 saturated heterocycles. The molecule has 0 bridgehead atoms. The van der Waals surface area contributed by atoms with Crippen molar-refractivity contribution >= 4 is 34.3 Å². The number of amides is 1. The normalized spacial score (nSPS) is 11.7. The maximum Gasteiger partial charge on any atom is 0.237 e. The van der Waals surface area contributed by atoms with Crippen LogP contribution in [-0.2, 0) is 4.79 Å². The molecule has 1 aromatic heterocycles. The first kappa shape index (κ1) is 16.0. The van der Waals surface area contributed by atoms with E-state index in [9.17, 15) is 4.79 Å². The van der Waals surface area contributed by atoms with Crippen molar-refractivity contribution in [3.05, 3.63) is 66.2 Å². The first-order valence-electron chi connectivity index (χ1n) is 7.49. The van der Waals surface area contributed by atoms with E-state index in [-0.39, 0.29) is 11.2 Å². The number of aromatic nitrogens is 1. The second kappa shape index (κ2) is 7.16. The van der Waals surface area contributed by atoms with Gasteiger partial charge in [-0.25, -0.2) is 4.98 Å². The predicted octanol–water partition coefficient (Wildman–Crippen LogP) is 4.23. The van der Waals surface area contributed by atoms with Gasteiger partial charge in [0, 0.05) is 11.1 Å². The highest BCUT2D eigenvalue weighted by Gasteiger charge is 2.15. The highest BCUT2D eigenvalue weighted by molar-refractivity contribution is 8.00. The van der Waals surface area contributed by atoms with E-state index in [0.717, 1.165) is 15.9 Å². The van der Waals surface area contributed by atoms with Gasteiger partial charge in [0.15, 0.2) is 0 Å². The summed E-state index contributed by atoms with van der Waals surface area (Å²) in [5.41, 5.74) is 2.16. The first-order valence-corrected chi connectivity index (χ1v) is 8.37. The average Bonchev–Trinajstić information content (AvgIpc) is 2.62. The third kappa shape index (κ3) is 3.73. The van der Waals surface area contributed by atoms with E-state index in [4.69, 9.17) is 5.26 Å². The lowest BCUT2D eigenvalue weighted by atomic mass is 10.2. The first-order chi connectivity index (χ1) is 11.7. The highest BCUT2D eigenvalue weighted by Crippen LogP contribution is 2.24. The van der Waals surface area contributed by atoms with E-state index in [1.54, 1.807) is 24.3 Å². The molecule has 118 valence electrons. The third-order valence-corrected chi connectivity index (χ3v) is 4.56. The van der Waals surface area contributed by atoms with Crippen molar-refractivity contribution in [2.24, 2.45) is 0 Å². The molecule has 0 aliphatic carbocycles. The fourth-order valence-corrected chi connectivity index (χ4v) is 3.05. The van der Waals surface area contributed by atoms with Crippen LogP contribution < -0.4 is 5.32 Å². The molecule has 4 nitrogen and oxygen atoms in total. The Morgan fingerprint density at radius 3 is 2.62 bits per heavy atom. The van der Waals surface area contributed by atoms with Crippen LogP contribution >= 0.6 is 11.8 Å². The second-order valence-corrected chi connectivity index (χ2v) is 6.64. The Bertz CT molecular complexity index is 916. The highest BCUT2D eigenvalue weighted by atomic mass is 32.2. The number of pyridine rings is 1. The van der Waals surface area contributed by atoms with Crippen LogP contribution in [0.3, 0.4) is 0 Å². The van der Waals surface area contributed by atoms with Crippen molar-refractivity contribution in [2.75, 3.05) is 5.32 Å². The molecular weight excluding hydrogens is 318 g/mol. The number of carbonyl (C=O) groups excluding carboxylic acids is 1. The Kier molecular flexibility index (Phi) is 4.78. The van der Waals surface area contributed by atoms with E-state index in [1.165, 1.54) is 11.8 Å². The molecule has 2 aromatic carbocycles. The van der Waals surface area contributed by atoms with Crippen molar-refractivity contribution in [2.45, 2.75) is 17.2 Å². The van der Waals surface area contributed by atoms with Gasteiger partial charge in [0.05, 0.1) is 27.4 Å². The Morgan fingerprint density at radius 1 is 1.12 bits per heavy atom. The van der Waals surface area contributed by atoms with Crippen LogP contribution in [0.5, 0.6) is 0 Å². The molecule has 0 saturated carbocycles. The van der Waals surface area contributed by atoms with E-state index in [2.05, 4.69) is 16.4 Å². The lowest BCUT2D eigenvalue weighted by Gasteiger charge is -2.12. The van der Waals surface area contributed by atoms with Gasteiger partial charge in [-0.1, -0.05) is 36.0 Å². The van der Waals surface area contributed by atoms with Crippen LogP contribution in [0, 0.1) is 11.3 Å². The summed E-state index contributed by atoms with van der Waals surface area (Å²) in [6.45, 7) is 1.85. The maximum absolute atomic E-state index is 12.3. The molecule has 1 N–H and O–H groups in total. The number of rotatable bonds is 4. The molecule has 1 atom stereocenters. The maximum atomic E-state index is 12.3. The van der Waals surface area contributed by atoms with Crippen molar-refractivity contribution < 1.29 is 4.79 Å².